The van der Waals surface area contributed by atoms with Gasteiger partial charge in [-0.1, -0.05) is 0 Å². The molecule has 2 nitrogen and oxygen atoms in total. The molecule has 0 bridgehead atoms. The Morgan fingerprint density at radius 1 is 1.00 bits per heavy atom. The van der Waals surface area contributed by atoms with Crippen LogP contribution in [0.5, 0.6) is 0 Å². The van der Waals surface area contributed by atoms with Crippen molar-refractivity contribution in [2.75, 3.05) is 19.8 Å². The molecule has 0 aliphatic carbocycles. The molecule has 0 aromatic heterocycles. The molecule has 1 rings (SSSR count). The first-order valence-electron chi connectivity index (χ1n) is 5.81. The molecule has 1 saturated heterocycles. The van der Waals surface area contributed by atoms with Crippen LogP contribution in [-0.2, 0) is 9.47 Å². The van der Waals surface area contributed by atoms with Crippen LogP contribution >= 0.6 is 0 Å². The van der Waals surface area contributed by atoms with Gasteiger partial charge in [-0.15, -0.1) is 0 Å². The Balaban J connectivity index is 2.82. The minimum absolute atomic E-state index is 0.343. The molecule has 1 unspecified atom stereocenters. The van der Waals surface area contributed by atoms with Gasteiger partial charge in [-0.05, 0) is 0 Å². The summed E-state index contributed by atoms with van der Waals surface area (Å²) in [5, 5.41) is 0. The third kappa shape index (κ3) is 3.76. The number of rotatable bonds is 7. The molecule has 16 heavy (non-hydrogen) atoms. The van der Waals surface area contributed by atoms with Gasteiger partial charge in [-0.2, -0.15) is 0 Å². The molecular formula is C13H22NdO2. The van der Waals surface area contributed by atoms with E-state index < -0.39 is 32.6 Å². The predicted octanol–water partition coefficient (Wildman–Crippen LogP) is 3.33. The molecule has 0 saturated carbocycles. The van der Waals surface area contributed by atoms with Crippen molar-refractivity contribution in [3.8, 4) is 0 Å². The van der Waals surface area contributed by atoms with Gasteiger partial charge in [-0.3, -0.25) is 0 Å². The second-order valence-corrected chi connectivity index (χ2v) is 19.0. The molecule has 3 heteroatoms. The normalized spacial score (nSPS) is 21.4. The first kappa shape index (κ1) is 14.6. The van der Waals surface area contributed by atoms with Crippen LogP contribution in [0.25, 0.3) is 0 Å². The Hall–Kier alpha value is 0.491. The van der Waals surface area contributed by atoms with Crippen LogP contribution in [0.15, 0.2) is 38.0 Å². The van der Waals surface area contributed by atoms with E-state index in [1.54, 1.807) is 0 Å². The van der Waals surface area contributed by atoms with Crippen LogP contribution in [0.4, 0.5) is 0 Å². The van der Waals surface area contributed by atoms with E-state index in [9.17, 15) is 0 Å². The number of ether oxygens (including phenoxy) is 2. The zero-order valence-electron chi connectivity index (χ0n) is 9.99. The molecule has 90 valence electrons. The summed E-state index contributed by atoms with van der Waals surface area (Å²) < 4.78 is 15.2. The van der Waals surface area contributed by atoms with Gasteiger partial charge in [0.1, 0.15) is 0 Å². The molecule has 1 aliphatic rings. The van der Waals surface area contributed by atoms with Crippen molar-refractivity contribution in [3.63, 3.8) is 0 Å². The number of hydrogen-bond acceptors (Lipinski definition) is 2. The monoisotopic (exact) mass is 352 g/mol. The van der Waals surface area contributed by atoms with E-state index in [0.29, 0.717) is 1.75 Å². The van der Waals surface area contributed by atoms with Crippen molar-refractivity contribution in [3.05, 3.63) is 38.0 Å². The van der Waals surface area contributed by atoms with Crippen LogP contribution in [0.1, 0.15) is 0 Å². The average molecular weight is 355 g/mol. The molecule has 1 aliphatic heterocycles. The fraction of sp³-hybridized carbons (Fsp3) is 0.538. The number of allylic oxidation sites excluding steroid dienone is 3. The van der Waals surface area contributed by atoms with Gasteiger partial charge < -0.3 is 0 Å². The summed E-state index contributed by atoms with van der Waals surface area (Å²) in [5.74, 6) is 0. The van der Waals surface area contributed by atoms with Gasteiger partial charge in [0, 0.05) is 0 Å². The maximum absolute atomic E-state index is 5.93. The van der Waals surface area contributed by atoms with E-state index in [-0.39, 0.29) is 0 Å². The Morgan fingerprint density at radius 3 is 1.94 bits per heavy atom. The first-order valence-corrected chi connectivity index (χ1v) is 14.5. The van der Waals surface area contributed by atoms with Crippen molar-refractivity contribution < 1.29 is 42.1 Å². The van der Waals surface area contributed by atoms with E-state index in [4.69, 9.17) is 9.47 Å². The average Bonchev–Trinajstić information content (AvgIpc) is 2.31. The summed E-state index contributed by atoms with van der Waals surface area (Å²) in [6.07, 6.45) is 6.14. The van der Waals surface area contributed by atoms with Crippen molar-refractivity contribution in [2.45, 2.75) is 7.96 Å². The van der Waals surface area contributed by atoms with Crippen LogP contribution in [0, 0.1) is 32.6 Å². The van der Waals surface area contributed by atoms with Gasteiger partial charge in [-0.25, -0.2) is 0 Å². The maximum atomic E-state index is 5.93. The van der Waals surface area contributed by atoms with Gasteiger partial charge >= 0.3 is 108 Å². The number of hydrogen-bond donors (Lipinski definition) is 0. The minimum atomic E-state index is -2.57. The molecule has 0 radical (unpaired) electrons. The molecule has 0 spiro atoms. The fourth-order valence-electron chi connectivity index (χ4n) is 2.35. The van der Waals surface area contributed by atoms with Gasteiger partial charge in [0.05, 0.1) is 0 Å². The molecule has 0 N–H and O–H groups in total. The quantitative estimate of drug-likeness (QED) is 0.653. The topological polar surface area (TPSA) is 18.5 Å². The van der Waals surface area contributed by atoms with E-state index in [1.165, 1.54) is 0 Å². The summed E-state index contributed by atoms with van der Waals surface area (Å²) in [6.45, 7) is 13.9. The van der Waals surface area contributed by atoms with Gasteiger partial charge in [0.2, 0.25) is 0 Å². The van der Waals surface area contributed by atoms with Crippen molar-refractivity contribution in [1.82, 2.24) is 0 Å². The summed E-state index contributed by atoms with van der Waals surface area (Å²) in [6, 6.07) is 0. The first-order chi connectivity index (χ1) is 7.79. The van der Waals surface area contributed by atoms with Crippen molar-refractivity contribution >= 4 is 0 Å². The Morgan fingerprint density at radius 2 is 1.56 bits per heavy atom. The zero-order chi connectivity index (χ0) is 11.9. The second kappa shape index (κ2) is 7.75. The third-order valence-electron chi connectivity index (χ3n) is 3.15. The van der Waals surface area contributed by atoms with Crippen LogP contribution < -0.4 is 0 Å². The molecule has 1 fully saturated rings. The fourth-order valence-corrected chi connectivity index (χ4v) is 15.0. The molecule has 0 aromatic rings. The molecular weight excluding hydrogens is 332 g/mol. The summed E-state index contributed by atoms with van der Waals surface area (Å²) in [4.78, 5) is 0. The standard InChI is InChI=1S/C4H7O2.3C3H5.Nd/c1-2-6-4-3-5-1;3*1-3-2;/h1H,2-4H2;3*3H,1-2H2;. The van der Waals surface area contributed by atoms with Crippen molar-refractivity contribution in [2.24, 2.45) is 0 Å². The van der Waals surface area contributed by atoms with Crippen LogP contribution in [-0.4, -0.2) is 21.6 Å². The third-order valence-corrected chi connectivity index (χ3v) is 19.2. The summed E-state index contributed by atoms with van der Waals surface area (Å²) in [5.41, 5.74) is 0. The SMILES string of the molecule is C=C[CH2][Nd]([CH2]C=C)([CH2]C=C)[CH]1COCCO1. The molecule has 1 heterocycles. The van der Waals surface area contributed by atoms with Crippen LogP contribution in [0.2, 0.25) is 6.21 Å². The predicted molar refractivity (Wildman–Crippen MR) is 65.6 cm³/mol. The zero-order valence-corrected chi connectivity index (χ0v) is 13.2. The van der Waals surface area contributed by atoms with E-state index in [0.717, 1.165) is 26.0 Å². The molecule has 0 amide bonds. The molecule has 1 atom stereocenters. The summed E-state index contributed by atoms with van der Waals surface area (Å²) >= 11 is -2.57. The van der Waals surface area contributed by atoms with Gasteiger partial charge in [0.15, 0.2) is 0 Å². The van der Waals surface area contributed by atoms with E-state index in [1.807, 2.05) is 18.2 Å². The van der Waals surface area contributed by atoms with Crippen LogP contribution in [0.3, 0.4) is 0 Å². The van der Waals surface area contributed by atoms with E-state index in [2.05, 4.69) is 19.7 Å². The Bertz CT molecular complexity index is 218. The van der Waals surface area contributed by atoms with E-state index >= 15 is 0 Å². The summed E-state index contributed by atoms with van der Waals surface area (Å²) in [7, 11) is 0. The molecule has 0 aromatic carbocycles. The Labute approximate surface area is 107 Å². The Kier molecular flexibility index (Phi) is 7.05. The van der Waals surface area contributed by atoms with Crippen molar-refractivity contribution in [1.29, 1.82) is 0 Å². The van der Waals surface area contributed by atoms with Gasteiger partial charge in [0.25, 0.3) is 0 Å². The second-order valence-electron chi connectivity index (χ2n) is 4.28.